The quantitative estimate of drug-likeness (QED) is 0.669. The lowest BCUT2D eigenvalue weighted by molar-refractivity contribution is -0.142. The molecule has 1 fully saturated rings. The molecule has 1 aliphatic heterocycles. The van der Waals surface area contributed by atoms with Gasteiger partial charge < -0.3 is 14.8 Å². The van der Waals surface area contributed by atoms with Crippen molar-refractivity contribution in [2.24, 2.45) is 0 Å². The maximum absolute atomic E-state index is 12.5. The highest BCUT2D eigenvalue weighted by Crippen LogP contribution is 2.28. The molecule has 1 aromatic heterocycles. The van der Waals surface area contributed by atoms with Crippen LogP contribution in [0.25, 0.3) is 22.2 Å². The van der Waals surface area contributed by atoms with Crippen molar-refractivity contribution in [3.8, 4) is 11.1 Å². The first-order chi connectivity index (χ1) is 14.0. The van der Waals surface area contributed by atoms with Gasteiger partial charge in [-0.2, -0.15) is 0 Å². The number of hydrogen-bond donors (Lipinski definition) is 2. The predicted molar refractivity (Wildman–Crippen MR) is 108 cm³/mol. The SMILES string of the molecule is CN1CCC[C@H]1C(=O)N[C@@H](Cc1ccc(-c2cccc3ocnc23)cc1)C(=O)O. The van der Waals surface area contributed by atoms with E-state index in [4.69, 9.17) is 4.42 Å². The van der Waals surface area contributed by atoms with E-state index in [0.717, 1.165) is 47.2 Å². The average Bonchev–Trinajstić information content (AvgIpc) is 3.36. The van der Waals surface area contributed by atoms with Gasteiger partial charge in [0.25, 0.3) is 0 Å². The van der Waals surface area contributed by atoms with E-state index >= 15 is 0 Å². The summed E-state index contributed by atoms with van der Waals surface area (Å²) in [6.45, 7) is 0.857. The molecule has 4 rings (SSSR count). The molecule has 0 radical (unpaired) electrons. The molecular formula is C22H23N3O4. The monoisotopic (exact) mass is 393 g/mol. The number of nitrogens with one attached hydrogen (secondary N) is 1. The Labute approximate surface area is 168 Å². The highest BCUT2D eigenvalue weighted by molar-refractivity contribution is 5.90. The molecule has 0 spiro atoms. The Morgan fingerprint density at radius 1 is 1.28 bits per heavy atom. The van der Waals surface area contributed by atoms with E-state index in [2.05, 4.69) is 10.3 Å². The third-order valence-corrected chi connectivity index (χ3v) is 5.50. The standard InChI is InChI=1S/C22H23N3O4/c1-25-11-3-5-18(25)21(26)24-17(22(27)28)12-14-7-9-15(10-8-14)16-4-2-6-19-20(16)23-13-29-19/h2,4,6-10,13,17-18H,3,5,11-12H2,1H3,(H,24,26)(H,27,28)/t17-,18-/m0/s1. The lowest BCUT2D eigenvalue weighted by Gasteiger charge is -2.22. The van der Waals surface area contributed by atoms with Crippen molar-refractivity contribution >= 4 is 23.0 Å². The molecule has 0 unspecified atom stereocenters. The van der Waals surface area contributed by atoms with Crippen LogP contribution in [0.2, 0.25) is 0 Å². The summed E-state index contributed by atoms with van der Waals surface area (Å²) in [5.74, 6) is -1.25. The molecule has 1 amide bonds. The van der Waals surface area contributed by atoms with Crippen LogP contribution in [-0.2, 0) is 16.0 Å². The first-order valence-electron chi connectivity index (χ1n) is 9.68. The Morgan fingerprint density at radius 3 is 2.76 bits per heavy atom. The largest absolute Gasteiger partial charge is 0.480 e. The number of benzene rings is 2. The van der Waals surface area contributed by atoms with Crippen LogP contribution in [0.15, 0.2) is 53.3 Å². The topological polar surface area (TPSA) is 95.7 Å². The van der Waals surface area contributed by atoms with Gasteiger partial charge in [0, 0.05) is 12.0 Å². The van der Waals surface area contributed by atoms with Gasteiger partial charge in [-0.25, -0.2) is 9.78 Å². The Kier molecular flexibility index (Phi) is 5.31. The van der Waals surface area contributed by atoms with Crippen molar-refractivity contribution in [1.29, 1.82) is 0 Å². The summed E-state index contributed by atoms with van der Waals surface area (Å²) >= 11 is 0. The van der Waals surface area contributed by atoms with Crippen molar-refractivity contribution < 1.29 is 19.1 Å². The Hall–Kier alpha value is -3.19. The van der Waals surface area contributed by atoms with Crippen molar-refractivity contribution in [2.45, 2.75) is 31.3 Å². The van der Waals surface area contributed by atoms with E-state index in [0.29, 0.717) is 0 Å². The molecule has 7 nitrogen and oxygen atoms in total. The molecule has 2 aromatic carbocycles. The predicted octanol–water partition coefficient (Wildman–Crippen LogP) is 2.70. The van der Waals surface area contributed by atoms with Gasteiger partial charge in [-0.05, 0) is 43.6 Å². The number of aliphatic carboxylic acids is 1. The molecule has 0 saturated carbocycles. The highest BCUT2D eigenvalue weighted by atomic mass is 16.4. The third-order valence-electron chi connectivity index (χ3n) is 5.50. The number of hydrogen-bond acceptors (Lipinski definition) is 5. The molecule has 29 heavy (non-hydrogen) atoms. The van der Waals surface area contributed by atoms with Crippen molar-refractivity contribution in [3.05, 3.63) is 54.4 Å². The number of likely N-dealkylation sites (tertiary alicyclic amines) is 1. The van der Waals surface area contributed by atoms with Gasteiger partial charge >= 0.3 is 5.97 Å². The van der Waals surface area contributed by atoms with E-state index in [1.807, 2.05) is 54.4 Å². The second kappa shape index (κ2) is 8.05. The summed E-state index contributed by atoms with van der Waals surface area (Å²) < 4.78 is 5.35. The van der Waals surface area contributed by atoms with Crippen molar-refractivity contribution in [1.82, 2.24) is 15.2 Å². The molecule has 3 aromatic rings. The molecule has 7 heteroatoms. The van der Waals surface area contributed by atoms with Crippen LogP contribution in [0.5, 0.6) is 0 Å². The van der Waals surface area contributed by atoms with E-state index < -0.39 is 12.0 Å². The fraction of sp³-hybridized carbons (Fsp3) is 0.318. The summed E-state index contributed by atoms with van der Waals surface area (Å²) in [7, 11) is 1.89. The Morgan fingerprint density at radius 2 is 2.07 bits per heavy atom. The zero-order chi connectivity index (χ0) is 20.4. The molecule has 2 atom stereocenters. The molecule has 150 valence electrons. The molecule has 0 bridgehead atoms. The number of carboxylic acid groups (broad SMARTS) is 1. The first-order valence-corrected chi connectivity index (χ1v) is 9.68. The van der Waals surface area contributed by atoms with Crippen LogP contribution < -0.4 is 5.32 Å². The second-order valence-electron chi connectivity index (χ2n) is 7.44. The maximum atomic E-state index is 12.5. The number of aromatic nitrogens is 1. The highest BCUT2D eigenvalue weighted by Gasteiger charge is 2.30. The second-order valence-corrected chi connectivity index (χ2v) is 7.44. The minimum absolute atomic E-state index is 0.216. The number of amides is 1. The van der Waals surface area contributed by atoms with Crippen LogP contribution >= 0.6 is 0 Å². The van der Waals surface area contributed by atoms with Gasteiger partial charge in [0.05, 0.1) is 6.04 Å². The summed E-state index contributed by atoms with van der Waals surface area (Å²) in [4.78, 5) is 30.4. The molecule has 1 aliphatic rings. The Bertz CT molecular complexity index is 1030. The summed E-state index contributed by atoms with van der Waals surface area (Å²) in [6.07, 6.45) is 3.36. The third kappa shape index (κ3) is 4.00. The first kappa shape index (κ1) is 19.1. The number of fused-ring (bicyclic) bond motifs is 1. The lowest BCUT2D eigenvalue weighted by atomic mass is 9.99. The van der Waals surface area contributed by atoms with Crippen molar-refractivity contribution in [3.63, 3.8) is 0 Å². The van der Waals surface area contributed by atoms with Crippen LogP contribution in [-0.4, -0.2) is 52.5 Å². The van der Waals surface area contributed by atoms with Crippen LogP contribution in [0, 0.1) is 0 Å². The van der Waals surface area contributed by atoms with Gasteiger partial charge in [0.15, 0.2) is 12.0 Å². The number of carbonyl (C=O) groups is 2. The molecule has 2 N–H and O–H groups in total. The lowest BCUT2D eigenvalue weighted by Crippen LogP contribution is -2.49. The Balaban J connectivity index is 1.48. The van der Waals surface area contributed by atoms with Crippen LogP contribution in [0.3, 0.4) is 0 Å². The number of para-hydroxylation sites is 1. The fourth-order valence-electron chi connectivity index (χ4n) is 3.88. The summed E-state index contributed by atoms with van der Waals surface area (Å²) in [5, 5.41) is 12.3. The maximum Gasteiger partial charge on any atom is 0.326 e. The van der Waals surface area contributed by atoms with E-state index in [9.17, 15) is 14.7 Å². The average molecular weight is 393 g/mol. The normalized spacial score (nSPS) is 18.0. The van der Waals surface area contributed by atoms with Gasteiger partial charge in [-0.1, -0.05) is 36.4 Å². The number of carbonyl (C=O) groups excluding carboxylic acids is 1. The number of likely N-dealkylation sites (N-methyl/N-ethyl adjacent to an activating group) is 1. The smallest absolute Gasteiger partial charge is 0.326 e. The van der Waals surface area contributed by atoms with E-state index in [-0.39, 0.29) is 18.4 Å². The van der Waals surface area contributed by atoms with Crippen LogP contribution in [0.1, 0.15) is 18.4 Å². The number of rotatable bonds is 6. The van der Waals surface area contributed by atoms with Gasteiger partial charge in [0.1, 0.15) is 11.6 Å². The summed E-state index contributed by atoms with van der Waals surface area (Å²) in [5.41, 5.74) is 4.27. The zero-order valence-corrected chi connectivity index (χ0v) is 16.2. The minimum atomic E-state index is -1.03. The van der Waals surface area contributed by atoms with Crippen molar-refractivity contribution in [2.75, 3.05) is 13.6 Å². The van der Waals surface area contributed by atoms with Gasteiger partial charge in [-0.15, -0.1) is 0 Å². The molecular weight excluding hydrogens is 370 g/mol. The molecule has 1 saturated heterocycles. The zero-order valence-electron chi connectivity index (χ0n) is 16.2. The van der Waals surface area contributed by atoms with Gasteiger partial charge in [0.2, 0.25) is 5.91 Å². The molecule has 0 aliphatic carbocycles. The number of carboxylic acids is 1. The minimum Gasteiger partial charge on any atom is -0.480 e. The van der Waals surface area contributed by atoms with E-state index in [1.165, 1.54) is 6.39 Å². The van der Waals surface area contributed by atoms with Crippen LogP contribution in [0.4, 0.5) is 0 Å². The van der Waals surface area contributed by atoms with E-state index in [1.54, 1.807) is 0 Å². The summed E-state index contributed by atoms with van der Waals surface area (Å²) in [6, 6.07) is 12.2. The van der Waals surface area contributed by atoms with Gasteiger partial charge in [-0.3, -0.25) is 9.69 Å². The fourth-order valence-corrected chi connectivity index (χ4v) is 3.88. The number of oxazole rings is 1. The number of nitrogens with zero attached hydrogens (tertiary/aromatic N) is 2. The molecule has 2 heterocycles.